The molecule has 23 heteroatoms. The highest BCUT2D eigenvalue weighted by atomic mass is 32.3. The van der Waals surface area contributed by atoms with E-state index in [-0.39, 0.29) is 23.7 Å². The summed E-state index contributed by atoms with van der Waals surface area (Å²) in [6.45, 7) is 0.752. The van der Waals surface area contributed by atoms with Gasteiger partial charge >= 0.3 is 16.4 Å². The minimum atomic E-state index is -5.33. The molecule has 1 aromatic carbocycles. The summed E-state index contributed by atoms with van der Waals surface area (Å²) in [6.07, 6.45) is -20.5. The minimum Gasteiger partial charge on any atom is -0.469 e. The fourth-order valence-electron chi connectivity index (χ4n) is 7.12. The molecule has 3 heterocycles. The molecule has 60 heavy (non-hydrogen) atoms. The average molecular weight is 884 g/mol. The van der Waals surface area contributed by atoms with E-state index >= 15 is 0 Å². The fourth-order valence-corrected chi connectivity index (χ4v) is 7.63. The van der Waals surface area contributed by atoms with Gasteiger partial charge in [-0.3, -0.25) is 18.9 Å². The highest BCUT2D eigenvalue weighted by molar-refractivity contribution is 7.80. The molecular weight excluding hydrogens is 826 g/mol. The van der Waals surface area contributed by atoms with Crippen LogP contribution in [0, 0.1) is 0 Å². The van der Waals surface area contributed by atoms with Gasteiger partial charge < -0.3 is 74.2 Å². The van der Waals surface area contributed by atoms with E-state index in [0.29, 0.717) is 25.7 Å². The summed E-state index contributed by atoms with van der Waals surface area (Å²) in [4.78, 5) is 38.0. The van der Waals surface area contributed by atoms with E-state index in [0.717, 1.165) is 19.3 Å². The number of hydrogen-bond donors (Lipinski definition) is 9. The van der Waals surface area contributed by atoms with Crippen LogP contribution in [-0.4, -0.2) is 185 Å². The maximum absolute atomic E-state index is 14.1. The Balaban J connectivity index is 1.70. The molecule has 3 aliphatic heterocycles. The summed E-state index contributed by atoms with van der Waals surface area (Å²) in [5.41, 5.74) is -0.0583. The zero-order valence-electron chi connectivity index (χ0n) is 33.3. The molecule has 0 radical (unpaired) electrons. The molecule has 3 fully saturated rings. The summed E-state index contributed by atoms with van der Waals surface area (Å²) in [6, 6.07) is 4.29. The molecule has 0 spiro atoms. The Morgan fingerprint density at radius 3 is 1.92 bits per heavy atom. The zero-order chi connectivity index (χ0) is 44.3. The van der Waals surface area contributed by atoms with E-state index in [9.17, 15) is 63.1 Å². The largest absolute Gasteiger partial charge is 0.469 e. The third-order valence-corrected chi connectivity index (χ3v) is 10.9. The van der Waals surface area contributed by atoms with Crippen molar-refractivity contribution in [3.8, 4) is 0 Å². The van der Waals surface area contributed by atoms with E-state index in [1.807, 2.05) is 0 Å². The molecule has 0 saturated carbocycles. The normalized spacial score (nSPS) is 34.8. The molecule has 0 aliphatic carbocycles. The standard InChI is InChI=1S/C37H57NO21S/c1-18(41)20-12-9-10-13-21(20)34(48)38-25-32(58-36-29(46)28(45)26(43)19(2)54-36)31(57-37-30(47)33(59-60(49,50)51)27(44)22(16-39)55-37)23(17-40)56-35(25)53-15-11-7-5-4-6-8-14-24(42)52-3/h9-10,12-13,19,22-23,25-33,35-37,39-40,43-47H,4-8,11,14-17H2,1-3H3,(H,38,48)(H,49,50,51)/t19-,22+,23+,25+,26+,27-,28+,29-,30+,31+,32+,33-,35+,36-,37-/m0/s1. The quantitative estimate of drug-likeness (QED) is 0.0275. The number of rotatable bonds is 21. The lowest BCUT2D eigenvalue weighted by Gasteiger charge is -2.50. The number of amides is 1. The van der Waals surface area contributed by atoms with Gasteiger partial charge in [0.2, 0.25) is 0 Å². The van der Waals surface area contributed by atoms with Gasteiger partial charge in [0.05, 0.1) is 32.0 Å². The number of hydrogen-bond acceptors (Lipinski definition) is 20. The van der Waals surface area contributed by atoms with Gasteiger partial charge in [-0.2, -0.15) is 8.42 Å². The Morgan fingerprint density at radius 2 is 1.30 bits per heavy atom. The number of carbonyl (C=O) groups excluding carboxylic acids is 3. The van der Waals surface area contributed by atoms with Crippen molar-refractivity contribution in [2.45, 2.75) is 151 Å². The molecular formula is C37H57NO21S. The van der Waals surface area contributed by atoms with Crippen molar-refractivity contribution < 1.29 is 100 Å². The Morgan fingerprint density at radius 1 is 0.717 bits per heavy atom. The zero-order valence-corrected chi connectivity index (χ0v) is 34.2. The van der Waals surface area contributed by atoms with Crippen LogP contribution in [0.5, 0.6) is 0 Å². The summed E-state index contributed by atoms with van der Waals surface area (Å²) < 4.78 is 77.7. The monoisotopic (exact) mass is 883 g/mol. The van der Waals surface area contributed by atoms with Crippen LogP contribution < -0.4 is 5.32 Å². The van der Waals surface area contributed by atoms with Crippen molar-refractivity contribution in [2.75, 3.05) is 26.9 Å². The first-order valence-electron chi connectivity index (χ1n) is 19.6. The molecule has 0 unspecified atom stereocenters. The number of carbonyl (C=O) groups is 3. The van der Waals surface area contributed by atoms with Gasteiger partial charge in [0.1, 0.15) is 67.1 Å². The number of ketones is 1. The maximum Gasteiger partial charge on any atom is 0.397 e. The second-order valence-electron chi connectivity index (χ2n) is 14.7. The van der Waals surface area contributed by atoms with Crippen molar-refractivity contribution in [1.29, 1.82) is 0 Å². The van der Waals surface area contributed by atoms with Gasteiger partial charge in [-0.05, 0) is 32.8 Å². The van der Waals surface area contributed by atoms with Crippen LogP contribution in [-0.2, 0) is 52.5 Å². The molecule has 4 rings (SSSR count). The van der Waals surface area contributed by atoms with Crippen LogP contribution in [0.15, 0.2) is 24.3 Å². The van der Waals surface area contributed by atoms with Crippen molar-refractivity contribution in [3.05, 3.63) is 35.4 Å². The Bertz CT molecular complexity index is 1650. The number of aliphatic hydroxyl groups excluding tert-OH is 7. The van der Waals surface area contributed by atoms with Gasteiger partial charge in [0.25, 0.3) is 5.91 Å². The lowest BCUT2D eigenvalue weighted by atomic mass is 9.94. The first-order valence-corrected chi connectivity index (χ1v) is 20.9. The van der Waals surface area contributed by atoms with Crippen LogP contribution >= 0.6 is 0 Å². The van der Waals surface area contributed by atoms with Crippen molar-refractivity contribution >= 4 is 28.1 Å². The van der Waals surface area contributed by atoms with Crippen LogP contribution in [0.25, 0.3) is 0 Å². The molecule has 3 aliphatic rings. The maximum atomic E-state index is 14.1. The predicted octanol–water partition coefficient (Wildman–Crippen LogP) is -2.15. The summed E-state index contributed by atoms with van der Waals surface area (Å²) in [7, 11) is -4.01. The second kappa shape index (κ2) is 23.0. The molecule has 0 bridgehead atoms. The molecule has 15 atom stereocenters. The molecule has 1 amide bonds. The highest BCUT2D eigenvalue weighted by Crippen LogP contribution is 2.35. The molecule has 342 valence electrons. The first kappa shape index (κ1) is 49.8. The molecule has 0 aromatic heterocycles. The third-order valence-electron chi connectivity index (χ3n) is 10.4. The summed E-state index contributed by atoms with van der Waals surface area (Å²) in [5.74, 6) is -1.62. The van der Waals surface area contributed by atoms with Crippen LogP contribution in [0.1, 0.15) is 79.5 Å². The predicted molar refractivity (Wildman–Crippen MR) is 200 cm³/mol. The lowest BCUT2D eigenvalue weighted by Crippen LogP contribution is -2.70. The molecule has 3 saturated heterocycles. The number of nitrogens with one attached hydrogen (secondary N) is 1. The Kier molecular flexibility index (Phi) is 19.1. The van der Waals surface area contributed by atoms with Crippen LogP contribution in [0.2, 0.25) is 0 Å². The van der Waals surface area contributed by atoms with Gasteiger partial charge in [-0.25, -0.2) is 4.18 Å². The van der Waals surface area contributed by atoms with Gasteiger partial charge in [0, 0.05) is 18.6 Å². The smallest absolute Gasteiger partial charge is 0.397 e. The number of esters is 1. The van der Waals surface area contributed by atoms with Gasteiger partial charge in [-0.15, -0.1) is 0 Å². The SMILES string of the molecule is COC(=O)CCCCCCCCO[C@@H]1O[C@H](CO)[C@@H](O[C@@H]2O[C@H](CO)[C@H](O)[C@H](OS(=O)(=O)O)[C@H]2O)[C@H](O[C@@H]2O[C@@H](C)[C@@H](O)[C@@H](O)[C@@H]2O)[C@H]1NC(=O)c1ccccc1C(C)=O. The number of ether oxygens (including phenoxy) is 7. The highest BCUT2D eigenvalue weighted by Gasteiger charge is 2.55. The van der Waals surface area contributed by atoms with E-state index in [1.54, 1.807) is 0 Å². The van der Waals surface area contributed by atoms with E-state index in [4.69, 9.17) is 28.4 Å². The summed E-state index contributed by atoms with van der Waals surface area (Å²) >= 11 is 0. The molecule has 22 nitrogen and oxygen atoms in total. The van der Waals surface area contributed by atoms with Crippen LogP contribution in [0.4, 0.5) is 0 Å². The van der Waals surface area contributed by atoms with Gasteiger partial charge in [-0.1, -0.05) is 43.9 Å². The van der Waals surface area contributed by atoms with E-state index in [2.05, 4.69) is 14.2 Å². The van der Waals surface area contributed by atoms with Crippen molar-refractivity contribution in [1.82, 2.24) is 5.32 Å². The first-order chi connectivity index (χ1) is 28.4. The molecule has 9 N–H and O–H groups in total. The average Bonchev–Trinajstić information content (AvgIpc) is 3.21. The van der Waals surface area contributed by atoms with Gasteiger partial charge in [0.15, 0.2) is 24.7 Å². The summed E-state index contributed by atoms with van der Waals surface area (Å²) in [5, 5.41) is 77.2. The lowest BCUT2D eigenvalue weighted by molar-refractivity contribution is -0.372. The van der Waals surface area contributed by atoms with E-state index < -0.39 is 127 Å². The number of aliphatic hydroxyl groups is 7. The number of unbranched alkanes of at least 4 members (excludes halogenated alkanes) is 5. The number of Topliss-reactive ketones (excluding diaryl/α,β-unsaturated/α-hetero) is 1. The van der Waals surface area contributed by atoms with Crippen molar-refractivity contribution in [2.24, 2.45) is 0 Å². The third kappa shape index (κ3) is 13.1. The topological polar surface area (TPSA) is 333 Å². The Labute approximate surface area is 346 Å². The van der Waals surface area contributed by atoms with Crippen molar-refractivity contribution in [3.63, 3.8) is 0 Å². The number of benzene rings is 1. The second-order valence-corrected chi connectivity index (χ2v) is 15.8. The Hall–Kier alpha value is -2.82. The fraction of sp³-hybridized carbons (Fsp3) is 0.757. The number of methoxy groups -OCH3 is 1. The van der Waals surface area contributed by atoms with Crippen LogP contribution in [0.3, 0.4) is 0 Å². The minimum absolute atomic E-state index is 0.0132. The molecule has 1 aromatic rings. The van der Waals surface area contributed by atoms with E-state index in [1.165, 1.54) is 45.2 Å².